The Hall–Kier alpha value is -3.20. The summed E-state index contributed by atoms with van der Waals surface area (Å²) in [5.74, 6) is -0.695. The largest absolute Gasteiger partial charge is 0.432 e. The zero-order chi connectivity index (χ0) is 23.4. The number of piperidine rings is 1. The molecule has 10 heteroatoms. The lowest BCUT2D eigenvalue weighted by Crippen LogP contribution is -2.51. The van der Waals surface area contributed by atoms with Crippen molar-refractivity contribution in [2.75, 3.05) is 25.0 Å². The number of halogens is 4. The number of benzene rings is 1. The van der Waals surface area contributed by atoms with Crippen LogP contribution in [0, 0.1) is 5.41 Å². The van der Waals surface area contributed by atoms with Crippen LogP contribution in [0.3, 0.4) is 0 Å². The third kappa shape index (κ3) is 3.60. The summed E-state index contributed by atoms with van der Waals surface area (Å²) in [4.78, 5) is 18.5. The van der Waals surface area contributed by atoms with Gasteiger partial charge < -0.3 is 4.90 Å². The summed E-state index contributed by atoms with van der Waals surface area (Å²) < 4.78 is 42.5. The van der Waals surface area contributed by atoms with Crippen molar-refractivity contribution in [2.45, 2.75) is 19.0 Å². The molecule has 1 aromatic heterocycles. The quantitative estimate of drug-likeness (QED) is 0.681. The van der Waals surface area contributed by atoms with Crippen LogP contribution in [0.1, 0.15) is 18.4 Å². The summed E-state index contributed by atoms with van der Waals surface area (Å²) in [7, 11) is 1.96. The number of amides is 1. The fourth-order valence-electron chi connectivity index (χ4n) is 4.72. The van der Waals surface area contributed by atoms with Crippen LogP contribution in [0.25, 0.3) is 16.7 Å². The van der Waals surface area contributed by atoms with Gasteiger partial charge in [0, 0.05) is 31.0 Å². The van der Waals surface area contributed by atoms with Crippen molar-refractivity contribution in [1.29, 1.82) is 0 Å². The lowest BCUT2D eigenvalue weighted by atomic mass is 9.74. The molecule has 0 radical (unpaired) electrons. The number of anilines is 1. The molecular formula is C23H20ClF3N5O+. The van der Waals surface area contributed by atoms with E-state index in [1.54, 1.807) is 6.20 Å². The number of nitrogens with zero attached hydrogens (tertiary/aromatic N) is 4. The number of hydrazone groups is 1. The molecule has 0 atom stereocenters. The number of hydrogen-bond donors (Lipinski definition) is 1. The van der Waals surface area contributed by atoms with Gasteiger partial charge in [0.2, 0.25) is 0 Å². The molecule has 6 nitrogen and oxygen atoms in total. The Balaban J connectivity index is 1.42. The van der Waals surface area contributed by atoms with Gasteiger partial charge in [0.15, 0.2) is 18.1 Å². The molecule has 1 saturated heterocycles. The zero-order valence-corrected chi connectivity index (χ0v) is 18.4. The van der Waals surface area contributed by atoms with Crippen LogP contribution in [-0.2, 0) is 4.79 Å². The Morgan fingerprint density at radius 1 is 1.12 bits per heavy atom. The summed E-state index contributed by atoms with van der Waals surface area (Å²) >= 11 is 6.52. The number of aromatic nitrogens is 1. The molecule has 1 amide bonds. The van der Waals surface area contributed by atoms with Gasteiger partial charge in [-0.25, -0.2) is 10.0 Å². The van der Waals surface area contributed by atoms with Gasteiger partial charge in [-0.2, -0.15) is 18.3 Å². The van der Waals surface area contributed by atoms with Crippen LogP contribution in [-0.4, -0.2) is 53.7 Å². The van der Waals surface area contributed by atoms with Crippen molar-refractivity contribution >= 4 is 40.7 Å². The highest BCUT2D eigenvalue weighted by molar-refractivity contribution is 6.34. The van der Waals surface area contributed by atoms with Crippen LogP contribution in [0.4, 0.5) is 18.9 Å². The molecule has 2 aromatic rings. The third-order valence-corrected chi connectivity index (χ3v) is 6.72. The SMILES string of the molecule is C[N+]1=CC(c2ccc(-c3cncc(Cl)c3N3CCC4(CC3)C(=O)NN=C4C(F)(F)F)cc2)=C1. The lowest BCUT2D eigenvalue weighted by molar-refractivity contribution is -0.423. The van der Waals surface area contributed by atoms with Crippen molar-refractivity contribution in [3.05, 3.63) is 53.4 Å². The van der Waals surface area contributed by atoms with E-state index in [-0.39, 0.29) is 25.9 Å². The fourth-order valence-corrected chi connectivity index (χ4v) is 5.00. The van der Waals surface area contributed by atoms with Crippen LogP contribution >= 0.6 is 11.6 Å². The third-order valence-electron chi connectivity index (χ3n) is 6.45. The van der Waals surface area contributed by atoms with Crippen LogP contribution in [0.5, 0.6) is 0 Å². The second-order valence-corrected chi connectivity index (χ2v) is 8.85. The summed E-state index contributed by atoms with van der Waals surface area (Å²) in [6, 6.07) is 7.97. The van der Waals surface area contributed by atoms with E-state index < -0.39 is 23.2 Å². The molecule has 0 aliphatic carbocycles. The topological polar surface area (TPSA) is 60.6 Å². The molecule has 0 bridgehead atoms. The number of rotatable bonds is 3. The second kappa shape index (κ2) is 7.69. The van der Waals surface area contributed by atoms with Crippen molar-refractivity contribution in [2.24, 2.45) is 10.5 Å². The number of pyridine rings is 1. The maximum Gasteiger partial charge on any atom is 0.432 e. The van der Waals surface area contributed by atoms with E-state index in [0.29, 0.717) is 10.7 Å². The molecule has 4 heterocycles. The molecule has 1 spiro atoms. The summed E-state index contributed by atoms with van der Waals surface area (Å²) in [5, 5.41) is 3.72. The van der Waals surface area contributed by atoms with E-state index in [1.807, 2.05) is 58.6 Å². The Morgan fingerprint density at radius 2 is 1.76 bits per heavy atom. The van der Waals surface area contributed by atoms with E-state index in [9.17, 15) is 18.0 Å². The Kier molecular flexibility index (Phi) is 5.04. The van der Waals surface area contributed by atoms with Crippen LogP contribution in [0.15, 0.2) is 48.0 Å². The molecule has 1 fully saturated rings. The normalized spacial score (nSPS) is 19.6. The highest BCUT2D eigenvalue weighted by Gasteiger charge is 2.59. The first-order chi connectivity index (χ1) is 15.7. The van der Waals surface area contributed by atoms with Gasteiger partial charge in [0.25, 0.3) is 5.91 Å². The summed E-state index contributed by atoms with van der Waals surface area (Å²) in [6.07, 6.45) is 2.61. The first-order valence-corrected chi connectivity index (χ1v) is 10.8. The van der Waals surface area contributed by atoms with Gasteiger partial charge in [-0.3, -0.25) is 9.78 Å². The Bertz CT molecular complexity index is 1230. The van der Waals surface area contributed by atoms with Gasteiger partial charge in [-0.1, -0.05) is 35.9 Å². The van der Waals surface area contributed by atoms with Gasteiger partial charge >= 0.3 is 6.18 Å². The highest BCUT2D eigenvalue weighted by Crippen LogP contribution is 2.45. The monoisotopic (exact) mass is 474 g/mol. The fraction of sp³-hybridized carbons (Fsp3) is 0.304. The predicted octanol–water partition coefficient (Wildman–Crippen LogP) is 4.10. The van der Waals surface area contributed by atoms with E-state index in [2.05, 4.69) is 10.1 Å². The molecule has 1 aromatic carbocycles. The number of carbonyl (C=O) groups is 1. The predicted molar refractivity (Wildman–Crippen MR) is 120 cm³/mol. The number of hydrogen-bond acceptors (Lipinski definition) is 4. The molecule has 0 unspecified atom stereocenters. The number of alkyl halides is 3. The summed E-state index contributed by atoms with van der Waals surface area (Å²) in [6.45, 7) is 0.455. The standard InChI is InChI=1S/C23H19ClF3N5O/c1-31-12-16(13-31)14-2-4-15(5-3-14)17-10-28-11-18(24)19(17)32-8-6-22(7-9-32)20(23(25,26)27)29-30-21(22)33/h2-5,10-13H,6-9H2,1H3/p+1. The Morgan fingerprint density at radius 3 is 2.36 bits per heavy atom. The summed E-state index contributed by atoms with van der Waals surface area (Å²) in [5.41, 5.74) is 3.93. The van der Waals surface area contributed by atoms with Gasteiger partial charge in [0.05, 0.1) is 10.7 Å². The molecule has 5 rings (SSSR count). The number of carbonyl (C=O) groups excluding carboxylic acids is 1. The van der Waals surface area contributed by atoms with Crippen molar-refractivity contribution in [1.82, 2.24) is 10.4 Å². The highest BCUT2D eigenvalue weighted by atomic mass is 35.5. The van der Waals surface area contributed by atoms with Crippen molar-refractivity contribution in [3.63, 3.8) is 0 Å². The average molecular weight is 475 g/mol. The van der Waals surface area contributed by atoms with Gasteiger partial charge in [-0.15, -0.1) is 0 Å². The number of allylic oxidation sites excluding steroid dienone is 1. The Labute approximate surface area is 193 Å². The van der Waals surface area contributed by atoms with E-state index in [0.717, 1.165) is 22.3 Å². The first-order valence-electron chi connectivity index (χ1n) is 10.4. The van der Waals surface area contributed by atoms with Crippen LogP contribution in [0.2, 0.25) is 5.02 Å². The number of nitrogens with one attached hydrogen (secondary N) is 1. The molecule has 0 saturated carbocycles. The minimum Gasteiger partial charge on any atom is -0.370 e. The minimum atomic E-state index is -4.66. The van der Waals surface area contributed by atoms with E-state index >= 15 is 0 Å². The first kappa shape index (κ1) is 21.6. The van der Waals surface area contributed by atoms with Crippen molar-refractivity contribution in [3.8, 4) is 11.1 Å². The minimum absolute atomic E-state index is 0.00822. The van der Waals surface area contributed by atoms with E-state index in [4.69, 9.17) is 11.6 Å². The van der Waals surface area contributed by atoms with Gasteiger partial charge in [0.1, 0.15) is 18.0 Å². The van der Waals surface area contributed by atoms with E-state index in [1.165, 1.54) is 6.20 Å². The zero-order valence-electron chi connectivity index (χ0n) is 17.7. The molecule has 170 valence electrons. The van der Waals surface area contributed by atoms with Crippen molar-refractivity contribution < 1.29 is 22.5 Å². The molecule has 3 aliphatic heterocycles. The maximum absolute atomic E-state index is 13.5. The maximum atomic E-state index is 13.5. The molecule has 1 N–H and O–H groups in total. The molecule has 33 heavy (non-hydrogen) atoms. The molecule has 3 aliphatic rings. The lowest BCUT2D eigenvalue weighted by Gasteiger charge is -2.40. The molecular weight excluding hydrogens is 455 g/mol. The second-order valence-electron chi connectivity index (χ2n) is 8.44. The average Bonchev–Trinajstić information content (AvgIpc) is 3.08. The van der Waals surface area contributed by atoms with Crippen LogP contribution < -0.4 is 10.3 Å². The van der Waals surface area contributed by atoms with Gasteiger partial charge in [-0.05, 0) is 24.0 Å². The smallest absolute Gasteiger partial charge is 0.370 e.